The van der Waals surface area contributed by atoms with Crippen LogP contribution in [0.2, 0.25) is 0 Å². The van der Waals surface area contributed by atoms with Crippen LogP contribution in [0, 0.1) is 0 Å². The Morgan fingerprint density at radius 3 is 1.81 bits per heavy atom. The van der Waals surface area contributed by atoms with Gasteiger partial charge in [0.05, 0.1) is 33.0 Å². The van der Waals surface area contributed by atoms with Gasteiger partial charge in [0, 0.05) is 19.4 Å². The SMILES string of the molecule is O=C(O)CCCCC(=O)OCCOCCOCCOCCCCCCI. The third-order valence-electron chi connectivity index (χ3n) is 3.43. The van der Waals surface area contributed by atoms with Crippen molar-refractivity contribution in [2.24, 2.45) is 0 Å². The summed E-state index contributed by atoms with van der Waals surface area (Å²) < 4.78 is 22.4. The first-order valence-electron chi connectivity index (χ1n) is 9.33. The topological polar surface area (TPSA) is 91.3 Å². The van der Waals surface area contributed by atoms with E-state index in [0.29, 0.717) is 45.9 Å². The number of carboxylic acid groups (broad SMARTS) is 1. The normalized spacial score (nSPS) is 10.8. The molecule has 0 aliphatic carbocycles. The number of esters is 1. The average molecular weight is 488 g/mol. The van der Waals surface area contributed by atoms with Crippen molar-refractivity contribution in [1.82, 2.24) is 0 Å². The van der Waals surface area contributed by atoms with Gasteiger partial charge >= 0.3 is 11.9 Å². The second kappa shape index (κ2) is 20.9. The molecule has 0 bridgehead atoms. The summed E-state index contributed by atoms with van der Waals surface area (Å²) in [6, 6.07) is 0. The molecule has 0 saturated heterocycles. The van der Waals surface area contributed by atoms with E-state index in [9.17, 15) is 9.59 Å². The number of alkyl halides is 1. The minimum absolute atomic E-state index is 0.0835. The van der Waals surface area contributed by atoms with Crippen LogP contribution in [-0.2, 0) is 28.5 Å². The number of carbonyl (C=O) groups is 2. The number of carboxylic acids is 1. The molecule has 0 aromatic rings. The fraction of sp³-hybridized carbons (Fsp3) is 0.889. The lowest BCUT2D eigenvalue weighted by atomic mass is 10.2. The minimum atomic E-state index is -0.845. The van der Waals surface area contributed by atoms with Crippen LogP contribution in [-0.4, -0.2) is 67.7 Å². The van der Waals surface area contributed by atoms with Crippen molar-refractivity contribution >= 4 is 34.5 Å². The van der Waals surface area contributed by atoms with Crippen molar-refractivity contribution in [3.05, 3.63) is 0 Å². The Balaban J connectivity index is 3.12. The van der Waals surface area contributed by atoms with Gasteiger partial charge in [-0.25, -0.2) is 0 Å². The van der Waals surface area contributed by atoms with E-state index in [1.165, 1.54) is 23.7 Å². The highest BCUT2D eigenvalue weighted by molar-refractivity contribution is 14.1. The number of hydrogen-bond donors (Lipinski definition) is 1. The molecule has 0 aliphatic rings. The molecule has 0 rings (SSSR count). The number of unbranched alkanes of at least 4 members (excludes halogenated alkanes) is 4. The van der Waals surface area contributed by atoms with Crippen molar-refractivity contribution in [2.45, 2.75) is 51.4 Å². The molecule has 0 spiro atoms. The summed E-state index contributed by atoms with van der Waals surface area (Å²) in [6.45, 7) is 3.43. The molecular weight excluding hydrogens is 455 g/mol. The molecule has 0 unspecified atom stereocenters. The lowest BCUT2D eigenvalue weighted by molar-refractivity contribution is -0.146. The molecule has 8 heteroatoms. The van der Waals surface area contributed by atoms with Gasteiger partial charge in [-0.2, -0.15) is 0 Å². The highest BCUT2D eigenvalue weighted by Crippen LogP contribution is 2.02. The summed E-state index contributed by atoms with van der Waals surface area (Å²) >= 11 is 2.40. The van der Waals surface area contributed by atoms with E-state index >= 15 is 0 Å². The summed E-state index contributed by atoms with van der Waals surface area (Å²) in [5.74, 6) is -1.16. The van der Waals surface area contributed by atoms with E-state index in [-0.39, 0.29) is 25.4 Å². The highest BCUT2D eigenvalue weighted by atomic mass is 127. The van der Waals surface area contributed by atoms with Crippen LogP contribution in [0.5, 0.6) is 0 Å². The fourth-order valence-corrected chi connectivity index (χ4v) is 2.57. The Morgan fingerprint density at radius 2 is 1.19 bits per heavy atom. The zero-order valence-electron chi connectivity index (χ0n) is 15.6. The van der Waals surface area contributed by atoms with Gasteiger partial charge in [0.15, 0.2) is 0 Å². The second-order valence-electron chi connectivity index (χ2n) is 5.76. The quantitative estimate of drug-likeness (QED) is 0.122. The van der Waals surface area contributed by atoms with Crippen molar-refractivity contribution in [3.63, 3.8) is 0 Å². The Labute approximate surface area is 170 Å². The van der Waals surface area contributed by atoms with Gasteiger partial charge in [0.1, 0.15) is 6.61 Å². The van der Waals surface area contributed by atoms with Gasteiger partial charge < -0.3 is 24.1 Å². The lowest BCUT2D eigenvalue weighted by Gasteiger charge is -2.07. The molecule has 0 aliphatic heterocycles. The zero-order valence-corrected chi connectivity index (χ0v) is 17.7. The van der Waals surface area contributed by atoms with Gasteiger partial charge in [0.25, 0.3) is 0 Å². The Bertz CT molecular complexity index is 340. The van der Waals surface area contributed by atoms with E-state index in [1.807, 2.05) is 0 Å². The van der Waals surface area contributed by atoms with Crippen LogP contribution in [0.25, 0.3) is 0 Å². The summed E-state index contributed by atoms with van der Waals surface area (Å²) in [4.78, 5) is 21.7. The first kappa shape index (κ1) is 25.6. The van der Waals surface area contributed by atoms with Crippen molar-refractivity contribution < 1.29 is 33.6 Å². The molecule has 0 aromatic carbocycles. The van der Waals surface area contributed by atoms with Crippen LogP contribution < -0.4 is 0 Å². The van der Waals surface area contributed by atoms with Crippen LogP contribution in [0.3, 0.4) is 0 Å². The Morgan fingerprint density at radius 1 is 0.654 bits per heavy atom. The van der Waals surface area contributed by atoms with E-state index in [4.69, 9.17) is 24.1 Å². The molecule has 0 aromatic heterocycles. The Kier molecular flexibility index (Phi) is 20.5. The zero-order chi connectivity index (χ0) is 19.3. The van der Waals surface area contributed by atoms with Crippen LogP contribution in [0.15, 0.2) is 0 Å². The van der Waals surface area contributed by atoms with Gasteiger partial charge in [0.2, 0.25) is 0 Å². The number of rotatable bonds is 20. The smallest absolute Gasteiger partial charge is 0.305 e. The largest absolute Gasteiger partial charge is 0.481 e. The number of ether oxygens (including phenoxy) is 4. The number of aliphatic carboxylic acids is 1. The fourth-order valence-electron chi connectivity index (χ4n) is 2.03. The first-order chi connectivity index (χ1) is 12.7. The molecular formula is C18H33IO7. The van der Waals surface area contributed by atoms with Crippen LogP contribution in [0.1, 0.15) is 51.4 Å². The molecule has 0 radical (unpaired) electrons. The van der Waals surface area contributed by atoms with Gasteiger partial charge in [-0.1, -0.05) is 35.4 Å². The summed E-state index contributed by atoms with van der Waals surface area (Å²) in [5.41, 5.74) is 0. The molecule has 0 fully saturated rings. The molecule has 26 heavy (non-hydrogen) atoms. The number of carbonyl (C=O) groups excluding carboxylic acids is 1. The second-order valence-corrected chi connectivity index (χ2v) is 6.84. The molecule has 0 amide bonds. The highest BCUT2D eigenvalue weighted by Gasteiger charge is 2.04. The predicted molar refractivity (Wildman–Crippen MR) is 107 cm³/mol. The third-order valence-corrected chi connectivity index (χ3v) is 4.19. The Hall–Kier alpha value is -0.450. The summed E-state index contributed by atoms with van der Waals surface area (Å²) in [5, 5.41) is 8.48. The lowest BCUT2D eigenvalue weighted by Crippen LogP contribution is -2.14. The maximum Gasteiger partial charge on any atom is 0.305 e. The molecule has 154 valence electrons. The van der Waals surface area contributed by atoms with Crippen molar-refractivity contribution in [2.75, 3.05) is 50.7 Å². The maximum atomic E-state index is 11.4. The van der Waals surface area contributed by atoms with Crippen LogP contribution >= 0.6 is 22.6 Å². The molecule has 1 N–H and O–H groups in total. The summed E-state index contributed by atoms with van der Waals surface area (Å²) in [6.07, 6.45) is 6.24. The molecule has 0 atom stereocenters. The van der Waals surface area contributed by atoms with E-state index < -0.39 is 5.97 Å². The maximum absolute atomic E-state index is 11.4. The van der Waals surface area contributed by atoms with Crippen molar-refractivity contribution in [1.29, 1.82) is 0 Å². The average Bonchev–Trinajstić information content (AvgIpc) is 2.62. The standard InChI is InChI=1S/C18H33IO7/c19-9-5-1-2-6-10-23-11-12-24-13-14-25-15-16-26-18(22)8-4-3-7-17(20)21/h1-16H2,(H,20,21). The van der Waals surface area contributed by atoms with E-state index in [2.05, 4.69) is 22.6 Å². The van der Waals surface area contributed by atoms with E-state index in [0.717, 1.165) is 13.0 Å². The third kappa shape index (κ3) is 21.6. The van der Waals surface area contributed by atoms with Gasteiger partial charge in [-0.3, -0.25) is 9.59 Å². The number of halogens is 1. The first-order valence-corrected chi connectivity index (χ1v) is 10.9. The van der Waals surface area contributed by atoms with E-state index in [1.54, 1.807) is 0 Å². The summed E-state index contributed by atoms with van der Waals surface area (Å²) in [7, 11) is 0. The predicted octanol–water partition coefficient (Wildman–Crippen LogP) is 3.22. The number of hydrogen-bond acceptors (Lipinski definition) is 6. The molecule has 0 saturated carbocycles. The minimum Gasteiger partial charge on any atom is -0.481 e. The van der Waals surface area contributed by atoms with Crippen molar-refractivity contribution in [3.8, 4) is 0 Å². The monoisotopic (exact) mass is 488 g/mol. The molecule has 0 heterocycles. The van der Waals surface area contributed by atoms with Crippen LogP contribution in [0.4, 0.5) is 0 Å². The van der Waals surface area contributed by atoms with Gasteiger partial charge in [-0.15, -0.1) is 0 Å². The van der Waals surface area contributed by atoms with Gasteiger partial charge in [-0.05, 0) is 30.1 Å². The molecule has 7 nitrogen and oxygen atoms in total.